The highest BCUT2D eigenvalue weighted by Crippen LogP contribution is 2.39. The first-order valence-corrected chi connectivity index (χ1v) is 14.1. The first-order valence-electron chi connectivity index (χ1n) is 11.0. The van der Waals surface area contributed by atoms with Gasteiger partial charge in [0.05, 0.1) is 10.7 Å². The highest BCUT2D eigenvalue weighted by Gasteiger charge is 2.38. The normalized spacial score (nSPS) is 17.6. The van der Waals surface area contributed by atoms with Gasteiger partial charge in [-0.15, -0.1) is 0 Å². The Morgan fingerprint density at radius 1 is 1.11 bits per heavy atom. The first kappa shape index (κ1) is 25.6. The topological polar surface area (TPSA) is 167 Å². The second-order valence-corrected chi connectivity index (χ2v) is 12.3. The van der Waals surface area contributed by atoms with E-state index in [9.17, 15) is 36.9 Å². The highest BCUT2D eigenvalue weighted by atomic mass is 32.2. The minimum Gasteiger partial charge on any atom is -0.506 e. The van der Waals surface area contributed by atoms with E-state index in [0.29, 0.717) is 21.0 Å². The van der Waals surface area contributed by atoms with Crippen molar-refractivity contribution in [2.45, 2.75) is 5.75 Å². The summed E-state index contributed by atoms with van der Waals surface area (Å²) in [6, 6.07) is 10.9. The maximum atomic E-state index is 15.5. The van der Waals surface area contributed by atoms with Crippen molar-refractivity contribution in [1.29, 1.82) is 0 Å². The Hall–Kier alpha value is -4.08. The standard InChI is InChI=1S/C23H19FN4O8S2/c24-22-19-9-15(3-4-16(19)10-20(29)23(22)27-12-21(30)25-38(27,35)36)17-7-8-26(11-17)37(33,34)13-14-1-5-18(6-2-14)28(31)32/h1-7,9-10,29H,8,11-13H2,(H,25,30). The number of amides is 1. The number of aromatic hydroxyl groups is 1. The number of sulfonamides is 1. The van der Waals surface area contributed by atoms with Gasteiger partial charge in [0.1, 0.15) is 18.0 Å². The van der Waals surface area contributed by atoms with E-state index in [-0.39, 0.29) is 35.3 Å². The van der Waals surface area contributed by atoms with Crippen LogP contribution in [-0.4, -0.2) is 56.7 Å². The number of nitrogens with zero attached hydrogens (tertiary/aromatic N) is 3. The lowest BCUT2D eigenvalue weighted by molar-refractivity contribution is -0.384. The van der Waals surface area contributed by atoms with Crippen LogP contribution in [0.25, 0.3) is 16.3 Å². The number of nitro benzene ring substituents is 1. The molecule has 5 rings (SSSR count). The van der Waals surface area contributed by atoms with Crippen LogP contribution < -0.4 is 9.03 Å². The van der Waals surface area contributed by atoms with E-state index in [1.54, 1.807) is 16.9 Å². The zero-order valence-corrected chi connectivity index (χ0v) is 21.0. The zero-order chi connectivity index (χ0) is 27.4. The van der Waals surface area contributed by atoms with Crippen molar-refractivity contribution in [3.8, 4) is 5.75 Å². The summed E-state index contributed by atoms with van der Waals surface area (Å²) in [7, 11) is -8.16. The molecule has 198 valence electrons. The average molecular weight is 563 g/mol. The molecule has 0 spiro atoms. The molecule has 2 aliphatic rings. The molecule has 0 unspecified atom stereocenters. The number of benzene rings is 3. The number of halogens is 1. The molecule has 3 aromatic rings. The maximum absolute atomic E-state index is 15.5. The van der Waals surface area contributed by atoms with Gasteiger partial charge in [0, 0.05) is 30.6 Å². The van der Waals surface area contributed by atoms with Crippen LogP contribution in [0.15, 0.2) is 54.6 Å². The van der Waals surface area contributed by atoms with Crippen LogP contribution in [0.4, 0.5) is 15.8 Å². The summed E-state index contributed by atoms with van der Waals surface area (Å²) in [4.78, 5) is 21.8. The van der Waals surface area contributed by atoms with Gasteiger partial charge >= 0.3 is 10.2 Å². The quantitative estimate of drug-likeness (QED) is 0.340. The third-order valence-corrected chi connectivity index (χ3v) is 9.39. The molecule has 12 nitrogen and oxygen atoms in total. The van der Waals surface area contributed by atoms with Crippen LogP contribution in [0, 0.1) is 15.9 Å². The molecule has 0 bridgehead atoms. The molecule has 0 saturated carbocycles. The fourth-order valence-electron chi connectivity index (χ4n) is 4.38. The van der Waals surface area contributed by atoms with Crippen LogP contribution in [0.5, 0.6) is 5.75 Å². The Morgan fingerprint density at radius 2 is 1.82 bits per heavy atom. The zero-order valence-electron chi connectivity index (χ0n) is 19.4. The van der Waals surface area contributed by atoms with E-state index in [2.05, 4.69) is 0 Å². The molecule has 1 amide bonds. The van der Waals surface area contributed by atoms with Crippen LogP contribution in [-0.2, 0) is 30.8 Å². The second-order valence-electron chi connectivity index (χ2n) is 8.73. The summed E-state index contributed by atoms with van der Waals surface area (Å²) in [5.74, 6) is -2.95. The lowest BCUT2D eigenvalue weighted by Gasteiger charge is -2.19. The largest absolute Gasteiger partial charge is 0.506 e. The van der Waals surface area contributed by atoms with E-state index in [0.717, 1.165) is 0 Å². The highest BCUT2D eigenvalue weighted by molar-refractivity contribution is 7.92. The number of nitrogens with one attached hydrogen (secondary N) is 1. The first-order chi connectivity index (χ1) is 17.9. The minimum atomic E-state index is -4.37. The van der Waals surface area contributed by atoms with Gasteiger partial charge < -0.3 is 5.11 Å². The number of carbonyl (C=O) groups excluding carboxylic acids is 1. The predicted octanol–water partition coefficient (Wildman–Crippen LogP) is 2.00. The monoisotopic (exact) mass is 562 g/mol. The molecular weight excluding hydrogens is 543 g/mol. The molecule has 2 heterocycles. The van der Waals surface area contributed by atoms with Crippen LogP contribution in [0.1, 0.15) is 11.1 Å². The number of phenols is 1. The smallest absolute Gasteiger partial charge is 0.326 e. The van der Waals surface area contributed by atoms with Gasteiger partial charge in [0.2, 0.25) is 10.0 Å². The third kappa shape index (κ3) is 4.55. The van der Waals surface area contributed by atoms with E-state index in [1.807, 2.05) is 0 Å². The average Bonchev–Trinajstić information content (AvgIpc) is 3.44. The summed E-state index contributed by atoms with van der Waals surface area (Å²) in [5, 5.41) is 21.4. The molecule has 2 N–H and O–H groups in total. The van der Waals surface area contributed by atoms with Crippen molar-refractivity contribution < 1.29 is 36.1 Å². The van der Waals surface area contributed by atoms with Gasteiger partial charge in [-0.05, 0) is 34.2 Å². The van der Waals surface area contributed by atoms with Crippen LogP contribution in [0.3, 0.4) is 0 Å². The van der Waals surface area contributed by atoms with Crippen LogP contribution in [0.2, 0.25) is 0 Å². The Morgan fingerprint density at radius 3 is 2.45 bits per heavy atom. The van der Waals surface area contributed by atoms with Crippen molar-refractivity contribution in [3.63, 3.8) is 0 Å². The Kier molecular flexibility index (Phi) is 6.08. The summed E-state index contributed by atoms with van der Waals surface area (Å²) in [5.41, 5.74) is 0.634. The van der Waals surface area contributed by atoms with E-state index >= 15 is 4.39 Å². The van der Waals surface area contributed by atoms with Gasteiger partial charge in [0.15, 0.2) is 5.82 Å². The number of rotatable bonds is 6. The summed E-state index contributed by atoms with van der Waals surface area (Å²) < 4.78 is 69.3. The molecule has 0 atom stereocenters. The summed E-state index contributed by atoms with van der Waals surface area (Å²) >= 11 is 0. The molecule has 2 aliphatic heterocycles. The Labute approximate surface area is 216 Å². The fraction of sp³-hybridized carbons (Fsp3) is 0.174. The predicted molar refractivity (Wildman–Crippen MR) is 135 cm³/mol. The van der Waals surface area contributed by atoms with E-state index < -0.39 is 54.9 Å². The number of carbonyl (C=O) groups is 1. The molecule has 15 heteroatoms. The summed E-state index contributed by atoms with van der Waals surface area (Å²) in [6.07, 6.45) is 1.67. The minimum absolute atomic E-state index is 0.00763. The molecule has 38 heavy (non-hydrogen) atoms. The van der Waals surface area contributed by atoms with Gasteiger partial charge in [-0.3, -0.25) is 14.9 Å². The number of hydrogen-bond donors (Lipinski definition) is 2. The number of fused-ring (bicyclic) bond motifs is 1. The molecular formula is C23H19FN4O8S2. The van der Waals surface area contributed by atoms with Crippen molar-refractivity contribution in [3.05, 3.63) is 81.7 Å². The number of phenolic OH excluding ortho intramolecular Hbond substituents is 1. The van der Waals surface area contributed by atoms with E-state index in [1.165, 1.54) is 46.8 Å². The van der Waals surface area contributed by atoms with Gasteiger partial charge in [-0.25, -0.2) is 21.8 Å². The lowest BCUT2D eigenvalue weighted by Crippen LogP contribution is -2.30. The maximum Gasteiger partial charge on any atom is 0.326 e. The van der Waals surface area contributed by atoms with Crippen molar-refractivity contribution in [1.82, 2.24) is 9.03 Å². The third-order valence-electron chi connectivity index (χ3n) is 6.25. The molecule has 0 aromatic heterocycles. The Bertz CT molecular complexity index is 1760. The molecule has 3 aromatic carbocycles. The molecule has 1 fully saturated rings. The SMILES string of the molecule is O=C1CN(c2c(O)cc3ccc(C4=CCN(S(=O)(=O)Cc5ccc([N+](=O)[O-])cc5)C4)cc3c2F)S(=O)(=O)N1. The van der Waals surface area contributed by atoms with E-state index in [4.69, 9.17) is 0 Å². The Balaban J connectivity index is 1.41. The number of nitro groups is 1. The molecule has 1 saturated heterocycles. The summed E-state index contributed by atoms with van der Waals surface area (Å²) in [6.45, 7) is -0.636. The van der Waals surface area contributed by atoms with Crippen molar-refractivity contribution in [2.75, 3.05) is 23.9 Å². The van der Waals surface area contributed by atoms with Gasteiger partial charge in [-0.1, -0.05) is 30.3 Å². The number of anilines is 1. The second kappa shape index (κ2) is 9.04. The fourth-order valence-corrected chi connectivity index (χ4v) is 6.98. The van der Waals surface area contributed by atoms with Gasteiger partial charge in [-0.2, -0.15) is 12.7 Å². The lowest BCUT2D eigenvalue weighted by atomic mass is 10.0. The number of hydrogen-bond acceptors (Lipinski definition) is 8. The van der Waals surface area contributed by atoms with Crippen molar-refractivity contribution in [2.24, 2.45) is 0 Å². The van der Waals surface area contributed by atoms with Crippen molar-refractivity contribution >= 4 is 53.9 Å². The number of non-ortho nitro benzene ring substituents is 1. The molecule has 0 radical (unpaired) electrons. The molecule has 0 aliphatic carbocycles. The van der Waals surface area contributed by atoms with Gasteiger partial charge in [0.25, 0.3) is 11.6 Å². The van der Waals surface area contributed by atoms with Crippen LogP contribution >= 0.6 is 0 Å².